The summed E-state index contributed by atoms with van der Waals surface area (Å²) in [5.74, 6) is -0.309. The molecule has 0 unspecified atom stereocenters. The Morgan fingerprint density at radius 3 is 1.88 bits per heavy atom. The summed E-state index contributed by atoms with van der Waals surface area (Å²) in [6.45, 7) is 1.45. The number of fused-ring (bicyclic) bond motifs is 3. The molecule has 0 aliphatic heterocycles. The maximum absolute atomic E-state index is 11.7. The highest BCUT2D eigenvalue weighted by Gasteiger charge is 2.54. The van der Waals surface area contributed by atoms with Gasteiger partial charge in [0.25, 0.3) is 0 Å². The fourth-order valence-corrected chi connectivity index (χ4v) is 3.13. The zero-order valence-corrected chi connectivity index (χ0v) is 9.88. The number of carbonyl (C=O) groups excluding carboxylic acids is 2. The normalized spacial score (nSPS) is 36.9. The van der Waals surface area contributed by atoms with Gasteiger partial charge in [-0.05, 0) is 38.5 Å². The average molecular weight is 226 g/mol. The molecule has 3 aliphatic carbocycles. The Morgan fingerprint density at radius 1 is 1.00 bits per heavy atom. The number of ether oxygens (including phenoxy) is 2. The van der Waals surface area contributed by atoms with Crippen molar-refractivity contribution < 1.29 is 19.1 Å². The number of hydrogen-bond acceptors (Lipinski definition) is 4. The van der Waals surface area contributed by atoms with Crippen LogP contribution in [-0.2, 0) is 19.1 Å². The van der Waals surface area contributed by atoms with Crippen LogP contribution in [0.2, 0.25) is 0 Å². The van der Waals surface area contributed by atoms with Crippen LogP contribution in [0.5, 0.6) is 0 Å². The molecule has 0 saturated heterocycles. The van der Waals surface area contributed by atoms with Gasteiger partial charge in [0, 0.05) is 6.92 Å². The van der Waals surface area contributed by atoms with E-state index < -0.39 is 0 Å². The van der Waals surface area contributed by atoms with E-state index in [1.165, 1.54) is 14.0 Å². The minimum Gasteiger partial charge on any atom is -0.469 e. The molecule has 0 aromatic heterocycles. The van der Waals surface area contributed by atoms with E-state index in [-0.39, 0.29) is 23.0 Å². The van der Waals surface area contributed by atoms with E-state index in [9.17, 15) is 9.59 Å². The van der Waals surface area contributed by atoms with Crippen molar-refractivity contribution in [3.8, 4) is 0 Å². The predicted molar refractivity (Wildman–Crippen MR) is 56.6 cm³/mol. The second kappa shape index (κ2) is 3.75. The molecule has 3 saturated carbocycles. The van der Waals surface area contributed by atoms with Crippen molar-refractivity contribution >= 4 is 11.9 Å². The third-order valence-electron chi connectivity index (χ3n) is 4.16. The highest BCUT2D eigenvalue weighted by atomic mass is 16.6. The van der Waals surface area contributed by atoms with E-state index in [0.29, 0.717) is 0 Å². The Hall–Kier alpha value is -1.06. The molecule has 0 N–H and O–H groups in total. The van der Waals surface area contributed by atoms with Crippen LogP contribution in [0.4, 0.5) is 0 Å². The molecular formula is C12H18O4. The monoisotopic (exact) mass is 226 g/mol. The van der Waals surface area contributed by atoms with Gasteiger partial charge in [0.15, 0.2) is 0 Å². The molecule has 0 aromatic rings. The first-order valence-corrected chi connectivity index (χ1v) is 5.80. The Kier molecular flexibility index (Phi) is 2.68. The zero-order valence-electron chi connectivity index (χ0n) is 9.88. The van der Waals surface area contributed by atoms with Gasteiger partial charge in [0.2, 0.25) is 0 Å². The van der Waals surface area contributed by atoms with E-state index in [0.717, 1.165) is 38.5 Å². The zero-order chi connectivity index (χ0) is 11.8. The fourth-order valence-electron chi connectivity index (χ4n) is 3.13. The van der Waals surface area contributed by atoms with Crippen LogP contribution < -0.4 is 0 Å². The Morgan fingerprint density at radius 2 is 1.50 bits per heavy atom. The molecule has 0 aromatic carbocycles. The lowest BCUT2D eigenvalue weighted by molar-refractivity contribution is -0.184. The lowest BCUT2D eigenvalue weighted by atomic mass is 9.58. The van der Waals surface area contributed by atoms with Crippen LogP contribution in [0.1, 0.15) is 45.4 Å². The van der Waals surface area contributed by atoms with Crippen molar-refractivity contribution in [1.29, 1.82) is 0 Å². The summed E-state index contributed by atoms with van der Waals surface area (Å²) in [5, 5.41) is 0. The molecule has 0 heterocycles. The van der Waals surface area contributed by atoms with Crippen molar-refractivity contribution in [2.24, 2.45) is 5.41 Å². The third kappa shape index (κ3) is 1.70. The molecule has 3 aliphatic rings. The number of hydrogen-bond donors (Lipinski definition) is 0. The summed E-state index contributed by atoms with van der Waals surface area (Å²) in [5.41, 5.74) is -0.585. The molecular weight excluding hydrogens is 208 g/mol. The standard InChI is InChI=1S/C12H18O4/c1-9(13)16-12-6-3-11(4-7-12,5-8-12)10(14)15-2/h3-8H2,1-2H3. The molecule has 16 heavy (non-hydrogen) atoms. The van der Waals surface area contributed by atoms with Gasteiger partial charge in [0.05, 0.1) is 12.5 Å². The maximum Gasteiger partial charge on any atom is 0.311 e. The van der Waals surface area contributed by atoms with E-state index in [4.69, 9.17) is 9.47 Å². The molecule has 4 nitrogen and oxygen atoms in total. The molecule has 3 fully saturated rings. The minimum absolute atomic E-state index is 0.0939. The van der Waals surface area contributed by atoms with Crippen molar-refractivity contribution in [3.63, 3.8) is 0 Å². The molecule has 0 amide bonds. The smallest absolute Gasteiger partial charge is 0.311 e. The summed E-state index contributed by atoms with van der Waals surface area (Å²) >= 11 is 0. The van der Waals surface area contributed by atoms with Crippen LogP contribution in [0.25, 0.3) is 0 Å². The van der Waals surface area contributed by atoms with Gasteiger partial charge in [-0.1, -0.05) is 0 Å². The molecule has 90 valence electrons. The number of rotatable bonds is 2. The lowest BCUT2D eigenvalue weighted by Gasteiger charge is -2.50. The van der Waals surface area contributed by atoms with E-state index in [1.54, 1.807) is 0 Å². The van der Waals surface area contributed by atoms with Crippen LogP contribution in [0.15, 0.2) is 0 Å². The average Bonchev–Trinajstić information content (AvgIpc) is 2.29. The summed E-state index contributed by atoms with van der Waals surface area (Å²) in [6, 6.07) is 0. The van der Waals surface area contributed by atoms with E-state index in [1.807, 2.05) is 0 Å². The van der Waals surface area contributed by atoms with Gasteiger partial charge < -0.3 is 9.47 Å². The van der Waals surface area contributed by atoms with Crippen molar-refractivity contribution in [1.82, 2.24) is 0 Å². The predicted octanol–water partition coefficient (Wildman–Crippen LogP) is 1.82. The Balaban J connectivity index is 2.08. The Labute approximate surface area is 95.3 Å². The van der Waals surface area contributed by atoms with Gasteiger partial charge in [-0.25, -0.2) is 0 Å². The lowest BCUT2D eigenvalue weighted by Crippen LogP contribution is -2.51. The summed E-state index contributed by atoms with van der Waals surface area (Å²) in [7, 11) is 1.44. The maximum atomic E-state index is 11.7. The van der Waals surface area contributed by atoms with E-state index >= 15 is 0 Å². The van der Waals surface area contributed by atoms with Gasteiger partial charge in [-0.15, -0.1) is 0 Å². The largest absolute Gasteiger partial charge is 0.469 e. The van der Waals surface area contributed by atoms with Crippen LogP contribution in [-0.4, -0.2) is 24.6 Å². The molecule has 0 radical (unpaired) electrons. The number of carbonyl (C=O) groups is 2. The van der Waals surface area contributed by atoms with Crippen molar-refractivity contribution in [2.75, 3.05) is 7.11 Å². The van der Waals surface area contributed by atoms with Gasteiger partial charge in [-0.2, -0.15) is 0 Å². The second-order valence-electron chi connectivity index (χ2n) is 5.05. The Bertz CT molecular complexity index is 296. The number of esters is 2. The van der Waals surface area contributed by atoms with E-state index in [2.05, 4.69) is 0 Å². The highest BCUT2D eigenvalue weighted by molar-refractivity contribution is 5.77. The van der Waals surface area contributed by atoms with Gasteiger partial charge >= 0.3 is 11.9 Å². The second-order valence-corrected chi connectivity index (χ2v) is 5.05. The van der Waals surface area contributed by atoms with Gasteiger partial charge in [0.1, 0.15) is 5.60 Å². The topological polar surface area (TPSA) is 52.6 Å². The molecule has 4 heteroatoms. The van der Waals surface area contributed by atoms with Crippen LogP contribution >= 0.6 is 0 Å². The SMILES string of the molecule is COC(=O)C12CCC(OC(C)=O)(CC1)CC2. The summed E-state index contributed by atoms with van der Waals surface area (Å²) in [6.07, 6.45) is 4.73. The van der Waals surface area contributed by atoms with Crippen molar-refractivity contribution in [2.45, 2.75) is 51.0 Å². The molecule has 2 bridgehead atoms. The summed E-state index contributed by atoms with van der Waals surface area (Å²) in [4.78, 5) is 22.8. The highest BCUT2D eigenvalue weighted by Crippen LogP contribution is 2.54. The fraction of sp³-hybridized carbons (Fsp3) is 0.833. The van der Waals surface area contributed by atoms with Crippen LogP contribution in [0.3, 0.4) is 0 Å². The first-order chi connectivity index (χ1) is 7.52. The van der Waals surface area contributed by atoms with Crippen LogP contribution in [0, 0.1) is 5.41 Å². The van der Waals surface area contributed by atoms with Gasteiger partial charge in [-0.3, -0.25) is 9.59 Å². The minimum atomic E-state index is -0.295. The molecule has 0 spiro atoms. The summed E-state index contributed by atoms with van der Waals surface area (Å²) < 4.78 is 10.3. The quantitative estimate of drug-likeness (QED) is 0.674. The third-order valence-corrected chi connectivity index (χ3v) is 4.16. The first kappa shape index (κ1) is 11.4. The number of methoxy groups -OCH3 is 1. The molecule has 0 atom stereocenters. The first-order valence-electron chi connectivity index (χ1n) is 5.80. The molecule has 3 rings (SSSR count). The van der Waals surface area contributed by atoms with Crippen molar-refractivity contribution in [3.05, 3.63) is 0 Å².